The van der Waals surface area contributed by atoms with Crippen LogP contribution in [0.4, 0.5) is 0 Å². The van der Waals surface area contributed by atoms with Gasteiger partial charge in [-0.1, -0.05) is 34.6 Å². The van der Waals surface area contributed by atoms with E-state index in [2.05, 4.69) is 44.8 Å². The highest BCUT2D eigenvalue weighted by molar-refractivity contribution is 4.90. The SMILES string of the molecule is CCNC1CCC(C(C)C)CC1CN1CCCC1C(C)C. The zero-order valence-corrected chi connectivity index (χ0v) is 15.1. The number of hydrogen-bond donors (Lipinski definition) is 1. The van der Waals surface area contributed by atoms with Gasteiger partial charge in [0.1, 0.15) is 0 Å². The van der Waals surface area contributed by atoms with Crippen LogP contribution in [0.3, 0.4) is 0 Å². The maximum Gasteiger partial charge on any atom is 0.0119 e. The van der Waals surface area contributed by atoms with Crippen molar-refractivity contribution in [2.75, 3.05) is 19.6 Å². The molecular formula is C19H38N2. The van der Waals surface area contributed by atoms with E-state index in [0.29, 0.717) is 0 Å². The molecular weight excluding hydrogens is 256 g/mol. The summed E-state index contributed by atoms with van der Waals surface area (Å²) in [4.78, 5) is 2.82. The molecule has 0 spiro atoms. The second kappa shape index (κ2) is 7.97. The molecule has 0 bridgehead atoms. The molecule has 4 unspecified atom stereocenters. The summed E-state index contributed by atoms with van der Waals surface area (Å²) in [5, 5.41) is 3.79. The van der Waals surface area contributed by atoms with Crippen LogP contribution in [0.25, 0.3) is 0 Å². The van der Waals surface area contributed by atoms with E-state index in [1.807, 2.05) is 0 Å². The highest BCUT2D eigenvalue weighted by atomic mass is 15.2. The Hall–Kier alpha value is -0.0800. The fourth-order valence-corrected chi connectivity index (χ4v) is 4.77. The Balaban J connectivity index is 1.98. The molecule has 4 atom stereocenters. The summed E-state index contributed by atoms with van der Waals surface area (Å²) in [6.07, 6.45) is 7.09. The summed E-state index contributed by atoms with van der Waals surface area (Å²) in [5.41, 5.74) is 0. The third kappa shape index (κ3) is 4.45. The zero-order chi connectivity index (χ0) is 15.4. The first-order chi connectivity index (χ1) is 10.0. The van der Waals surface area contributed by atoms with Gasteiger partial charge >= 0.3 is 0 Å². The van der Waals surface area contributed by atoms with Gasteiger partial charge in [0.2, 0.25) is 0 Å². The van der Waals surface area contributed by atoms with Crippen LogP contribution in [0.2, 0.25) is 0 Å². The third-order valence-corrected chi connectivity index (χ3v) is 6.08. The molecule has 2 heteroatoms. The fourth-order valence-electron chi connectivity index (χ4n) is 4.77. The molecule has 2 nitrogen and oxygen atoms in total. The number of nitrogens with one attached hydrogen (secondary N) is 1. The van der Waals surface area contributed by atoms with Crippen LogP contribution in [0, 0.1) is 23.7 Å². The third-order valence-electron chi connectivity index (χ3n) is 6.08. The van der Waals surface area contributed by atoms with Crippen LogP contribution >= 0.6 is 0 Å². The highest BCUT2D eigenvalue weighted by Crippen LogP contribution is 2.36. The summed E-state index contributed by atoms with van der Waals surface area (Å²) in [6, 6.07) is 1.60. The van der Waals surface area contributed by atoms with Crippen molar-refractivity contribution in [3.8, 4) is 0 Å². The van der Waals surface area contributed by atoms with Crippen molar-refractivity contribution in [1.29, 1.82) is 0 Å². The first-order valence-corrected chi connectivity index (χ1v) is 9.50. The second-order valence-electron chi connectivity index (χ2n) is 8.19. The van der Waals surface area contributed by atoms with E-state index in [0.717, 1.165) is 42.3 Å². The van der Waals surface area contributed by atoms with Crippen molar-refractivity contribution in [2.24, 2.45) is 23.7 Å². The van der Waals surface area contributed by atoms with Gasteiger partial charge in [-0.05, 0) is 68.9 Å². The van der Waals surface area contributed by atoms with E-state index in [-0.39, 0.29) is 0 Å². The molecule has 0 aromatic carbocycles. The lowest BCUT2D eigenvalue weighted by Gasteiger charge is -2.41. The standard InChI is InChI=1S/C19H38N2/c1-6-20-18-10-9-16(14(2)3)12-17(18)13-21-11-7-8-19(21)15(4)5/h14-20H,6-13H2,1-5H3. The highest BCUT2D eigenvalue weighted by Gasteiger charge is 2.35. The molecule has 124 valence electrons. The Morgan fingerprint density at radius 2 is 1.81 bits per heavy atom. The molecule has 1 saturated heterocycles. The molecule has 1 aliphatic carbocycles. The summed E-state index contributed by atoms with van der Waals surface area (Å²) < 4.78 is 0. The summed E-state index contributed by atoms with van der Waals surface area (Å²) in [6.45, 7) is 15.7. The number of hydrogen-bond acceptors (Lipinski definition) is 2. The van der Waals surface area contributed by atoms with Gasteiger partial charge in [-0.2, -0.15) is 0 Å². The van der Waals surface area contributed by atoms with Crippen molar-refractivity contribution in [1.82, 2.24) is 10.2 Å². The fraction of sp³-hybridized carbons (Fsp3) is 1.00. The van der Waals surface area contributed by atoms with Gasteiger partial charge in [0, 0.05) is 18.6 Å². The predicted molar refractivity (Wildman–Crippen MR) is 92.6 cm³/mol. The summed E-state index contributed by atoms with van der Waals surface area (Å²) >= 11 is 0. The molecule has 1 N–H and O–H groups in total. The van der Waals surface area contributed by atoms with Crippen molar-refractivity contribution >= 4 is 0 Å². The molecule has 0 aromatic heterocycles. The van der Waals surface area contributed by atoms with Crippen LogP contribution in [0.15, 0.2) is 0 Å². The minimum Gasteiger partial charge on any atom is -0.314 e. The molecule has 1 heterocycles. The van der Waals surface area contributed by atoms with Gasteiger partial charge in [-0.15, -0.1) is 0 Å². The van der Waals surface area contributed by atoms with Crippen molar-refractivity contribution in [2.45, 2.75) is 78.8 Å². The minimum absolute atomic E-state index is 0.762. The van der Waals surface area contributed by atoms with E-state index in [1.54, 1.807) is 0 Å². The quantitative estimate of drug-likeness (QED) is 0.791. The van der Waals surface area contributed by atoms with E-state index in [9.17, 15) is 0 Å². The van der Waals surface area contributed by atoms with Crippen LogP contribution < -0.4 is 5.32 Å². The Morgan fingerprint density at radius 3 is 2.43 bits per heavy atom. The number of likely N-dealkylation sites (tertiary alicyclic amines) is 1. The molecule has 0 amide bonds. The summed E-state index contributed by atoms with van der Waals surface area (Å²) in [7, 11) is 0. The van der Waals surface area contributed by atoms with Gasteiger partial charge in [-0.3, -0.25) is 4.90 Å². The Labute approximate surface area is 133 Å². The first kappa shape index (κ1) is 17.3. The molecule has 0 radical (unpaired) electrons. The minimum atomic E-state index is 0.762. The van der Waals surface area contributed by atoms with Crippen molar-refractivity contribution in [3.63, 3.8) is 0 Å². The van der Waals surface area contributed by atoms with Gasteiger partial charge in [0.25, 0.3) is 0 Å². The number of rotatable bonds is 6. The Morgan fingerprint density at radius 1 is 1.05 bits per heavy atom. The Kier molecular flexibility index (Phi) is 6.55. The lowest BCUT2D eigenvalue weighted by atomic mass is 9.73. The summed E-state index contributed by atoms with van der Waals surface area (Å²) in [5.74, 6) is 3.49. The molecule has 2 fully saturated rings. The molecule has 2 rings (SSSR count). The van der Waals surface area contributed by atoms with Gasteiger partial charge < -0.3 is 5.32 Å². The molecule has 1 aliphatic heterocycles. The zero-order valence-electron chi connectivity index (χ0n) is 15.1. The first-order valence-electron chi connectivity index (χ1n) is 9.50. The molecule has 2 aliphatic rings. The second-order valence-corrected chi connectivity index (χ2v) is 8.19. The average Bonchev–Trinajstić information content (AvgIpc) is 2.89. The lowest BCUT2D eigenvalue weighted by Crippen LogP contribution is -2.48. The average molecular weight is 295 g/mol. The van der Waals surface area contributed by atoms with Crippen LogP contribution in [-0.4, -0.2) is 36.6 Å². The van der Waals surface area contributed by atoms with Crippen LogP contribution in [0.1, 0.15) is 66.7 Å². The van der Waals surface area contributed by atoms with Crippen molar-refractivity contribution < 1.29 is 0 Å². The normalized spacial score (nSPS) is 35.0. The van der Waals surface area contributed by atoms with Crippen molar-refractivity contribution in [3.05, 3.63) is 0 Å². The van der Waals surface area contributed by atoms with E-state index in [1.165, 1.54) is 45.2 Å². The molecule has 0 aromatic rings. The predicted octanol–water partition coefficient (Wildman–Crippen LogP) is 4.16. The van der Waals surface area contributed by atoms with E-state index in [4.69, 9.17) is 0 Å². The van der Waals surface area contributed by atoms with Crippen LogP contribution in [0.5, 0.6) is 0 Å². The lowest BCUT2D eigenvalue weighted by molar-refractivity contribution is 0.104. The number of nitrogens with zero attached hydrogens (tertiary/aromatic N) is 1. The molecule has 21 heavy (non-hydrogen) atoms. The smallest absolute Gasteiger partial charge is 0.0119 e. The van der Waals surface area contributed by atoms with E-state index < -0.39 is 0 Å². The van der Waals surface area contributed by atoms with Gasteiger partial charge in [0.15, 0.2) is 0 Å². The monoisotopic (exact) mass is 294 g/mol. The maximum atomic E-state index is 3.79. The van der Waals surface area contributed by atoms with Gasteiger partial charge in [0.05, 0.1) is 0 Å². The maximum absolute atomic E-state index is 3.79. The van der Waals surface area contributed by atoms with Gasteiger partial charge in [-0.25, -0.2) is 0 Å². The Bertz CT molecular complexity index is 300. The van der Waals surface area contributed by atoms with Crippen LogP contribution in [-0.2, 0) is 0 Å². The molecule has 1 saturated carbocycles. The van der Waals surface area contributed by atoms with E-state index >= 15 is 0 Å². The topological polar surface area (TPSA) is 15.3 Å². The largest absolute Gasteiger partial charge is 0.314 e.